The van der Waals surface area contributed by atoms with E-state index in [4.69, 9.17) is 4.74 Å². The Morgan fingerprint density at radius 1 is 1.29 bits per heavy atom. The molecule has 1 fully saturated rings. The van der Waals surface area contributed by atoms with E-state index >= 15 is 0 Å². The minimum atomic E-state index is -2.92. The summed E-state index contributed by atoms with van der Waals surface area (Å²) in [5.74, 6) is 0.213. The summed E-state index contributed by atoms with van der Waals surface area (Å²) in [6.45, 7) is 1.56. The van der Waals surface area contributed by atoms with Gasteiger partial charge in [0.1, 0.15) is 0 Å². The van der Waals surface area contributed by atoms with Crippen LogP contribution < -0.4 is 5.32 Å². The summed E-state index contributed by atoms with van der Waals surface area (Å²) in [4.78, 5) is 0. The van der Waals surface area contributed by atoms with Crippen molar-refractivity contribution in [3.63, 3.8) is 0 Å². The number of rotatable bonds is 2. The third kappa shape index (κ3) is 2.56. The molecule has 80 valence electrons. The zero-order valence-corrected chi connectivity index (χ0v) is 8.79. The van der Waals surface area contributed by atoms with Gasteiger partial charge in [0.2, 0.25) is 0 Å². The summed E-state index contributed by atoms with van der Waals surface area (Å²) < 4.78 is 27.5. The van der Waals surface area contributed by atoms with Gasteiger partial charge in [0, 0.05) is 30.7 Å². The quantitative estimate of drug-likeness (QED) is 0.711. The Morgan fingerprint density at radius 2 is 2.00 bits per heavy atom. The molecule has 5 heteroatoms. The largest absolute Gasteiger partial charge is 0.381 e. The second-order valence-corrected chi connectivity index (χ2v) is 5.75. The zero-order valence-electron chi connectivity index (χ0n) is 7.98. The van der Waals surface area contributed by atoms with Crippen molar-refractivity contribution in [1.29, 1.82) is 0 Å². The third-order valence-electron chi connectivity index (χ3n) is 2.60. The summed E-state index contributed by atoms with van der Waals surface area (Å²) in [6, 6.07) is 0.412. The van der Waals surface area contributed by atoms with Crippen LogP contribution in [0, 0.1) is 0 Å². The molecule has 1 saturated heterocycles. The molecule has 2 heterocycles. The lowest BCUT2D eigenvalue weighted by Crippen LogP contribution is -2.42. The van der Waals surface area contributed by atoms with E-state index in [0.717, 1.165) is 26.1 Å². The van der Waals surface area contributed by atoms with Gasteiger partial charge in [-0.15, -0.1) is 0 Å². The van der Waals surface area contributed by atoms with E-state index in [1.165, 1.54) is 5.41 Å². The molecule has 0 aromatic carbocycles. The topological polar surface area (TPSA) is 55.4 Å². The molecular weight excluding hydrogens is 202 g/mol. The Balaban J connectivity index is 1.84. The molecule has 0 bridgehead atoms. The first-order chi connectivity index (χ1) is 6.66. The Morgan fingerprint density at radius 3 is 2.57 bits per heavy atom. The fourth-order valence-corrected chi connectivity index (χ4v) is 3.09. The van der Waals surface area contributed by atoms with Crippen LogP contribution in [0.4, 0.5) is 0 Å². The molecule has 2 rings (SSSR count). The molecule has 0 radical (unpaired) electrons. The van der Waals surface area contributed by atoms with Gasteiger partial charge < -0.3 is 10.1 Å². The summed E-state index contributed by atoms with van der Waals surface area (Å²) >= 11 is 0. The van der Waals surface area contributed by atoms with Crippen molar-refractivity contribution in [2.75, 3.05) is 19.0 Å². The maximum Gasteiger partial charge on any atom is 0.173 e. The SMILES string of the molecule is O=S1(=O)C=CC(NC2CCOCC2)C1. The highest BCUT2D eigenvalue weighted by Gasteiger charge is 2.24. The maximum atomic E-state index is 11.1. The van der Waals surface area contributed by atoms with Crippen molar-refractivity contribution in [1.82, 2.24) is 5.32 Å². The summed E-state index contributed by atoms with van der Waals surface area (Å²) in [7, 11) is -2.92. The van der Waals surface area contributed by atoms with Gasteiger partial charge in [-0.25, -0.2) is 8.42 Å². The number of nitrogens with one attached hydrogen (secondary N) is 1. The van der Waals surface area contributed by atoms with E-state index in [-0.39, 0.29) is 11.8 Å². The Hall–Kier alpha value is -0.390. The van der Waals surface area contributed by atoms with Gasteiger partial charge in [-0.3, -0.25) is 0 Å². The average molecular weight is 217 g/mol. The zero-order chi connectivity index (χ0) is 10.0. The highest BCUT2D eigenvalue weighted by atomic mass is 32.2. The van der Waals surface area contributed by atoms with E-state index in [1.54, 1.807) is 6.08 Å². The molecule has 0 aliphatic carbocycles. The van der Waals surface area contributed by atoms with Gasteiger partial charge in [0.15, 0.2) is 9.84 Å². The van der Waals surface area contributed by atoms with Crippen LogP contribution in [0.2, 0.25) is 0 Å². The molecular formula is C9H15NO3S. The second-order valence-electron chi connectivity index (χ2n) is 3.82. The van der Waals surface area contributed by atoms with Crippen molar-refractivity contribution in [3.05, 3.63) is 11.5 Å². The minimum absolute atomic E-state index is 0.00287. The lowest BCUT2D eigenvalue weighted by molar-refractivity contribution is 0.0769. The lowest BCUT2D eigenvalue weighted by Gasteiger charge is -2.25. The molecule has 2 aliphatic rings. The van der Waals surface area contributed by atoms with Gasteiger partial charge >= 0.3 is 0 Å². The van der Waals surface area contributed by atoms with Gasteiger partial charge in [-0.05, 0) is 12.8 Å². The standard InChI is InChI=1S/C9H15NO3S/c11-14(12)6-3-9(7-14)10-8-1-4-13-5-2-8/h3,6,8-10H,1-2,4-5,7H2. The fourth-order valence-electron chi connectivity index (χ4n) is 1.85. The number of sulfone groups is 1. The molecule has 4 nitrogen and oxygen atoms in total. The van der Waals surface area contributed by atoms with E-state index < -0.39 is 9.84 Å². The van der Waals surface area contributed by atoms with Crippen molar-refractivity contribution in [3.8, 4) is 0 Å². The predicted octanol–water partition coefficient (Wildman–Crippen LogP) is 0.0657. The monoisotopic (exact) mass is 217 g/mol. The summed E-state index contributed by atoms with van der Waals surface area (Å²) in [6.07, 6.45) is 3.69. The Kier molecular flexibility index (Phi) is 2.90. The molecule has 0 amide bonds. The molecule has 1 unspecified atom stereocenters. The first kappa shape index (κ1) is 10.1. The first-order valence-corrected chi connectivity index (χ1v) is 6.62. The Labute approximate surface area is 84.2 Å². The van der Waals surface area contributed by atoms with Crippen LogP contribution in [-0.4, -0.2) is 39.5 Å². The van der Waals surface area contributed by atoms with E-state index in [2.05, 4.69) is 5.32 Å². The van der Waals surface area contributed by atoms with Crippen molar-refractivity contribution in [2.24, 2.45) is 0 Å². The van der Waals surface area contributed by atoms with Crippen LogP contribution in [0.25, 0.3) is 0 Å². The van der Waals surface area contributed by atoms with E-state index in [0.29, 0.717) is 6.04 Å². The number of hydrogen-bond donors (Lipinski definition) is 1. The summed E-state index contributed by atoms with van der Waals surface area (Å²) in [5.41, 5.74) is 0. The molecule has 0 aromatic heterocycles. The van der Waals surface area contributed by atoms with E-state index in [9.17, 15) is 8.42 Å². The van der Waals surface area contributed by atoms with Crippen LogP contribution in [0.1, 0.15) is 12.8 Å². The maximum absolute atomic E-state index is 11.1. The van der Waals surface area contributed by atoms with Gasteiger partial charge in [-0.2, -0.15) is 0 Å². The molecule has 2 aliphatic heterocycles. The Bertz CT molecular complexity index is 317. The highest BCUT2D eigenvalue weighted by Crippen LogP contribution is 2.12. The molecule has 1 N–H and O–H groups in total. The normalized spacial score (nSPS) is 32.1. The van der Waals surface area contributed by atoms with Crippen LogP contribution in [0.15, 0.2) is 11.5 Å². The molecule has 1 atom stereocenters. The molecule has 0 saturated carbocycles. The van der Waals surface area contributed by atoms with Crippen LogP contribution in [0.5, 0.6) is 0 Å². The third-order valence-corrected chi connectivity index (χ3v) is 4.00. The number of hydrogen-bond acceptors (Lipinski definition) is 4. The average Bonchev–Trinajstić information content (AvgIpc) is 2.47. The van der Waals surface area contributed by atoms with Crippen LogP contribution in [0.3, 0.4) is 0 Å². The van der Waals surface area contributed by atoms with Gasteiger partial charge in [-0.1, -0.05) is 6.08 Å². The highest BCUT2D eigenvalue weighted by molar-refractivity contribution is 7.94. The van der Waals surface area contributed by atoms with Crippen molar-refractivity contribution in [2.45, 2.75) is 24.9 Å². The molecule has 0 spiro atoms. The second kappa shape index (κ2) is 4.00. The lowest BCUT2D eigenvalue weighted by atomic mass is 10.1. The smallest absolute Gasteiger partial charge is 0.173 e. The summed E-state index contributed by atoms with van der Waals surface area (Å²) in [5, 5.41) is 4.64. The minimum Gasteiger partial charge on any atom is -0.381 e. The van der Waals surface area contributed by atoms with Crippen molar-refractivity contribution < 1.29 is 13.2 Å². The molecule has 14 heavy (non-hydrogen) atoms. The van der Waals surface area contributed by atoms with Crippen LogP contribution in [-0.2, 0) is 14.6 Å². The van der Waals surface area contributed by atoms with Crippen LogP contribution >= 0.6 is 0 Å². The predicted molar refractivity (Wildman–Crippen MR) is 53.7 cm³/mol. The fraction of sp³-hybridized carbons (Fsp3) is 0.778. The molecule has 0 aromatic rings. The number of ether oxygens (including phenoxy) is 1. The van der Waals surface area contributed by atoms with Gasteiger partial charge in [0.05, 0.1) is 5.75 Å². The first-order valence-electron chi connectivity index (χ1n) is 4.90. The van der Waals surface area contributed by atoms with Crippen molar-refractivity contribution >= 4 is 9.84 Å². The van der Waals surface area contributed by atoms with E-state index in [1.807, 2.05) is 0 Å². The van der Waals surface area contributed by atoms with Gasteiger partial charge in [0.25, 0.3) is 0 Å².